The van der Waals surface area contributed by atoms with Gasteiger partial charge >= 0.3 is 74.3 Å². The standard InChI is InChI=1S/C8H12GeO2/c1-10-7-5-3-4-6(9)8(7)11-2/h3-5H,1-2,9H3. The third kappa shape index (κ3) is 1.68. The Morgan fingerprint density at radius 3 is 2.36 bits per heavy atom. The molecular weight excluding hydrogens is 201 g/mol. The van der Waals surface area contributed by atoms with Gasteiger partial charge in [-0.2, -0.15) is 0 Å². The fraction of sp³-hybridized carbons (Fsp3) is 0.250. The Balaban J connectivity index is 3.13. The molecule has 0 heterocycles. The predicted octanol–water partition coefficient (Wildman–Crippen LogP) is -0.306. The zero-order valence-electron chi connectivity index (χ0n) is 7.05. The summed E-state index contributed by atoms with van der Waals surface area (Å²) in [6.07, 6.45) is 0. The second kappa shape index (κ2) is 3.67. The molecule has 0 aliphatic heterocycles. The Morgan fingerprint density at radius 2 is 1.91 bits per heavy atom. The number of hydrogen-bond acceptors (Lipinski definition) is 2. The second-order valence-corrected chi connectivity index (χ2v) is 4.57. The SMILES string of the molecule is COc1ccc[c]([GeH3])c1OC. The summed E-state index contributed by atoms with van der Waals surface area (Å²) in [6.45, 7) is 0. The zero-order chi connectivity index (χ0) is 8.27. The van der Waals surface area contributed by atoms with E-state index in [1.54, 1.807) is 14.2 Å². The summed E-state index contributed by atoms with van der Waals surface area (Å²) in [5.74, 6) is 1.73. The summed E-state index contributed by atoms with van der Waals surface area (Å²) in [4.78, 5) is 0. The molecule has 0 saturated heterocycles. The van der Waals surface area contributed by atoms with E-state index in [0.717, 1.165) is 11.5 Å². The molecule has 0 aromatic heterocycles. The van der Waals surface area contributed by atoms with Crippen LogP contribution in [0.4, 0.5) is 0 Å². The van der Waals surface area contributed by atoms with Gasteiger partial charge in [-0.15, -0.1) is 0 Å². The molecule has 0 N–H and O–H groups in total. The van der Waals surface area contributed by atoms with Gasteiger partial charge in [0.2, 0.25) is 0 Å². The number of benzene rings is 1. The van der Waals surface area contributed by atoms with Gasteiger partial charge in [0, 0.05) is 0 Å². The summed E-state index contributed by atoms with van der Waals surface area (Å²) in [5.41, 5.74) is 0. The fourth-order valence-corrected chi connectivity index (χ4v) is 2.40. The first-order chi connectivity index (χ1) is 5.29. The minimum absolute atomic E-state index is 0.632. The Bertz CT molecular complexity index is 248. The van der Waals surface area contributed by atoms with Crippen LogP contribution in [-0.2, 0) is 0 Å². The van der Waals surface area contributed by atoms with Gasteiger partial charge in [0.1, 0.15) is 0 Å². The maximum absolute atomic E-state index is 5.19. The van der Waals surface area contributed by atoms with Crippen molar-refractivity contribution in [2.75, 3.05) is 14.2 Å². The zero-order valence-corrected chi connectivity index (χ0v) is 11.2. The fourth-order valence-electron chi connectivity index (χ4n) is 1.05. The molecule has 1 rings (SSSR count). The average molecular weight is 213 g/mol. The van der Waals surface area contributed by atoms with Crippen molar-refractivity contribution in [2.45, 2.75) is 0 Å². The van der Waals surface area contributed by atoms with Crippen molar-refractivity contribution >= 4 is 20.9 Å². The molecule has 0 amide bonds. The van der Waals surface area contributed by atoms with Gasteiger partial charge in [-0.05, 0) is 0 Å². The maximum atomic E-state index is 5.19. The van der Waals surface area contributed by atoms with Crippen LogP contribution in [0.15, 0.2) is 18.2 Å². The third-order valence-electron chi connectivity index (χ3n) is 1.60. The first-order valence-electron chi connectivity index (χ1n) is 3.47. The molecule has 0 aliphatic rings. The first-order valence-corrected chi connectivity index (χ1v) is 5.57. The molecule has 0 fully saturated rings. The number of rotatable bonds is 2. The Labute approximate surface area is 74.7 Å². The summed E-state index contributed by atoms with van der Waals surface area (Å²) in [7, 11) is 3.33. The van der Waals surface area contributed by atoms with Crippen molar-refractivity contribution in [2.24, 2.45) is 0 Å². The Morgan fingerprint density at radius 1 is 1.18 bits per heavy atom. The molecule has 0 radical (unpaired) electrons. The molecule has 0 unspecified atom stereocenters. The van der Waals surface area contributed by atoms with Crippen molar-refractivity contribution in [3.8, 4) is 11.5 Å². The van der Waals surface area contributed by atoms with Crippen LogP contribution in [-0.4, -0.2) is 30.7 Å². The quantitative estimate of drug-likeness (QED) is 0.627. The Hall–Kier alpha value is -0.637. The molecule has 0 saturated carbocycles. The van der Waals surface area contributed by atoms with Crippen LogP contribution in [0.2, 0.25) is 0 Å². The van der Waals surface area contributed by atoms with Crippen molar-refractivity contribution in [3.05, 3.63) is 18.2 Å². The van der Waals surface area contributed by atoms with E-state index in [2.05, 4.69) is 6.07 Å². The van der Waals surface area contributed by atoms with Gasteiger partial charge in [0.25, 0.3) is 0 Å². The van der Waals surface area contributed by atoms with Crippen molar-refractivity contribution in [1.29, 1.82) is 0 Å². The van der Waals surface area contributed by atoms with E-state index in [-0.39, 0.29) is 0 Å². The van der Waals surface area contributed by atoms with Crippen molar-refractivity contribution in [3.63, 3.8) is 0 Å². The molecule has 0 spiro atoms. The average Bonchev–Trinajstić information content (AvgIpc) is 2.04. The van der Waals surface area contributed by atoms with E-state index >= 15 is 0 Å². The van der Waals surface area contributed by atoms with Crippen LogP contribution < -0.4 is 13.9 Å². The van der Waals surface area contributed by atoms with E-state index in [1.165, 1.54) is 4.40 Å². The van der Waals surface area contributed by atoms with Crippen LogP contribution in [0, 0.1) is 0 Å². The topological polar surface area (TPSA) is 18.5 Å². The first kappa shape index (κ1) is 8.46. The van der Waals surface area contributed by atoms with E-state index < -0.39 is 0 Å². The van der Waals surface area contributed by atoms with Gasteiger partial charge in [-0.1, -0.05) is 0 Å². The second-order valence-electron chi connectivity index (χ2n) is 2.31. The van der Waals surface area contributed by atoms with E-state index in [0.29, 0.717) is 16.5 Å². The van der Waals surface area contributed by atoms with Crippen LogP contribution in [0.1, 0.15) is 0 Å². The molecule has 2 nitrogen and oxygen atoms in total. The summed E-state index contributed by atoms with van der Waals surface area (Å²) < 4.78 is 11.6. The summed E-state index contributed by atoms with van der Waals surface area (Å²) >= 11 is 0.632. The van der Waals surface area contributed by atoms with Crippen molar-refractivity contribution < 1.29 is 9.47 Å². The van der Waals surface area contributed by atoms with Gasteiger partial charge in [-0.3, -0.25) is 0 Å². The molecule has 1 aromatic rings. The van der Waals surface area contributed by atoms with Crippen LogP contribution >= 0.6 is 0 Å². The van der Waals surface area contributed by atoms with E-state index in [1.807, 2.05) is 12.1 Å². The number of ether oxygens (including phenoxy) is 2. The third-order valence-corrected chi connectivity index (χ3v) is 3.25. The van der Waals surface area contributed by atoms with Crippen LogP contribution in [0.5, 0.6) is 11.5 Å². The van der Waals surface area contributed by atoms with Crippen LogP contribution in [0.25, 0.3) is 0 Å². The summed E-state index contributed by atoms with van der Waals surface area (Å²) in [5, 5.41) is 0. The molecule has 0 aliphatic carbocycles. The minimum atomic E-state index is 0.632. The molecule has 1 aromatic carbocycles. The molecule has 3 heteroatoms. The molecular formula is C8H12GeO2. The van der Waals surface area contributed by atoms with Gasteiger partial charge < -0.3 is 0 Å². The Kier molecular flexibility index (Phi) is 2.82. The molecule has 0 atom stereocenters. The number of methoxy groups -OCH3 is 2. The van der Waals surface area contributed by atoms with Gasteiger partial charge in [0.15, 0.2) is 0 Å². The van der Waals surface area contributed by atoms with E-state index in [9.17, 15) is 0 Å². The summed E-state index contributed by atoms with van der Waals surface area (Å²) in [6, 6.07) is 5.97. The van der Waals surface area contributed by atoms with Crippen LogP contribution in [0.3, 0.4) is 0 Å². The predicted molar refractivity (Wildman–Crippen MR) is 49.1 cm³/mol. The van der Waals surface area contributed by atoms with E-state index in [4.69, 9.17) is 9.47 Å². The molecule has 60 valence electrons. The van der Waals surface area contributed by atoms with Gasteiger partial charge in [0.05, 0.1) is 0 Å². The monoisotopic (exact) mass is 214 g/mol. The van der Waals surface area contributed by atoms with Gasteiger partial charge in [-0.25, -0.2) is 0 Å². The molecule has 0 bridgehead atoms. The molecule has 11 heavy (non-hydrogen) atoms. The van der Waals surface area contributed by atoms with Crippen molar-refractivity contribution in [1.82, 2.24) is 0 Å². The normalized spacial score (nSPS) is 9.64. The number of hydrogen-bond donors (Lipinski definition) is 0. The number of para-hydroxylation sites is 1.